The number of nitrogens with zero attached hydrogens (tertiary/aromatic N) is 2. The number of aliphatic carboxylic acids is 2. The number of H-pyrrole nitrogens is 1. The lowest BCUT2D eigenvalue weighted by Gasteiger charge is -2.40. The second-order valence-electron chi connectivity index (χ2n) is 9.19. The van der Waals surface area contributed by atoms with E-state index in [9.17, 15) is 14.7 Å². The molecule has 0 aromatic carbocycles. The first-order valence-corrected chi connectivity index (χ1v) is 11.6. The highest BCUT2D eigenvalue weighted by Crippen LogP contribution is 2.43. The van der Waals surface area contributed by atoms with E-state index < -0.39 is 23.1 Å². The summed E-state index contributed by atoms with van der Waals surface area (Å²) in [6, 6.07) is 6.01. The number of aromatic nitrogens is 3. The molecule has 0 unspecified atom stereocenters. The summed E-state index contributed by atoms with van der Waals surface area (Å²) in [4.78, 5) is 30.1. The van der Waals surface area contributed by atoms with Crippen LogP contribution in [0.25, 0.3) is 22.3 Å². The highest BCUT2D eigenvalue weighted by Gasteiger charge is 2.47. The van der Waals surface area contributed by atoms with Gasteiger partial charge in [-0.3, -0.25) is 0 Å². The Labute approximate surface area is 198 Å². The second kappa shape index (κ2) is 9.10. The van der Waals surface area contributed by atoms with Gasteiger partial charge in [0.15, 0.2) is 5.60 Å². The number of carboxylic acid groups (broad SMARTS) is 2. The van der Waals surface area contributed by atoms with E-state index in [0.717, 1.165) is 46.4 Å². The highest BCUT2D eigenvalue weighted by atomic mass is 16.5. The second-order valence-corrected chi connectivity index (χ2v) is 9.19. The van der Waals surface area contributed by atoms with Gasteiger partial charge in [-0.1, -0.05) is 6.08 Å². The van der Waals surface area contributed by atoms with Gasteiger partial charge in [0.1, 0.15) is 11.2 Å². The average Bonchev–Trinajstić information content (AvgIpc) is 3.29. The van der Waals surface area contributed by atoms with Crippen LogP contribution < -0.4 is 0 Å². The SMILES string of the molecule is C=CCOC1(C(=O)O)CCC1.Cc1c(-c2cc3cccnc3[nH]2)cn(C2(C(=O)O)CCC2)c1C. The van der Waals surface area contributed by atoms with E-state index in [1.807, 2.05) is 36.7 Å². The molecule has 8 nitrogen and oxygen atoms in total. The van der Waals surface area contributed by atoms with E-state index in [2.05, 4.69) is 22.6 Å². The number of carbonyl (C=O) groups is 2. The third kappa shape index (κ3) is 3.92. The molecule has 8 heteroatoms. The van der Waals surface area contributed by atoms with Crippen molar-refractivity contribution in [2.75, 3.05) is 6.61 Å². The minimum atomic E-state index is -0.881. The molecule has 180 valence electrons. The molecule has 0 amide bonds. The molecule has 0 bridgehead atoms. The monoisotopic (exact) mass is 465 g/mol. The van der Waals surface area contributed by atoms with Crippen LogP contribution in [0.1, 0.15) is 49.8 Å². The van der Waals surface area contributed by atoms with Crippen molar-refractivity contribution in [1.29, 1.82) is 0 Å². The Hall–Kier alpha value is -3.39. The molecule has 3 aromatic rings. The van der Waals surface area contributed by atoms with Gasteiger partial charge in [-0.05, 0) is 76.1 Å². The fourth-order valence-corrected chi connectivity index (χ4v) is 4.72. The van der Waals surface area contributed by atoms with Crippen LogP contribution in [-0.4, -0.2) is 48.9 Å². The quantitative estimate of drug-likeness (QED) is 0.431. The molecule has 5 rings (SSSR count). The molecule has 0 spiro atoms. The minimum absolute atomic E-state index is 0.326. The van der Waals surface area contributed by atoms with Crippen LogP contribution in [0.5, 0.6) is 0 Å². The van der Waals surface area contributed by atoms with Gasteiger partial charge in [0.05, 0.1) is 6.61 Å². The first-order valence-electron chi connectivity index (χ1n) is 11.6. The van der Waals surface area contributed by atoms with E-state index in [0.29, 0.717) is 32.3 Å². The van der Waals surface area contributed by atoms with Crippen molar-refractivity contribution in [3.05, 3.63) is 54.5 Å². The van der Waals surface area contributed by atoms with Gasteiger partial charge in [0.2, 0.25) is 0 Å². The molecule has 0 atom stereocenters. The fraction of sp³-hybridized carbons (Fsp3) is 0.423. The number of pyridine rings is 1. The van der Waals surface area contributed by atoms with Crippen molar-refractivity contribution < 1.29 is 24.5 Å². The number of aromatic amines is 1. The van der Waals surface area contributed by atoms with Crippen LogP contribution in [-0.2, 0) is 19.9 Å². The summed E-state index contributed by atoms with van der Waals surface area (Å²) in [6.07, 6.45) is 9.91. The molecular weight excluding hydrogens is 434 g/mol. The number of carboxylic acids is 2. The van der Waals surface area contributed by atoms with Crippen molar-refractivity contribution in [2.24, 2.45) is 0 Å². The molecule has 0 saturated heterocycles. The standard InChI is InChI=1S/C18H19N3O2.C8H12O3/c1-11-12(2)21(18(17(22)23)6-4-7-18)10-14(11)15-9-13-5-3-8-19-16(13)20-15;1-2-6-11-8(7(9)10)4-3-5-8/h3,5,8-10H,4,6-7H2,1-2H3,(H,19,20)(H,22,23);2H,1,3-6H2,(H,9,10). The number of hydrogen-bond donors (Lipinski definition) is 3. The Balaban J connectivity index is 0.000000210. The van der Waals surface area contributed by atoms with E-state index in [4.69, 9.17) is 9.84 Å². The van der Waals surface area contributed by atoms with Crippen LogP contribution in [0.2, 0.25) is 0 Å². The van der Waals surface area contributed by atoms with E-state index in [-0.39, 0.29) is 0 Å². The van der Waals surface area contributed by atoms with Crippen molar-refractivity contribution in [3.8, 4) is 11.3 Å². The van der Waals surface area contributed by atoms with Gasteiger partial charge >= 0.3 is 11.9 Å². The zero-order valence-corrected chi connectivity index (χ0v) is 19.6. The number of rotatable bonds is 7. The summed E-state index contributed by atoms with van der Waals surface area (Å²) in [7, 11) is 0. The van der Waals surface area contributed by atoms with E-state index >= 15 is 0 Å². The molecule has 3 heterocycles. The Kier molecular flexibility index (Phi) is 6.36. The van der Waals surface area contributed by atoms with Crippen molar-refractivity contribution in [3.63, 3.8) is 0 Å². The topological polar surface area (TPSA) is 117 Å². The lowest BCUT2D eigenvalue weighted by atomic mass is 9.76. The van der Waals surface area contributed by atoms with Crippen LogP contribution in [0.4, 0.5) is 0 Å². The maximum Gasteiger partial charge on any atom is 0.335 e. The normalized spacial score (nSPS) is 17.7. The molecule has 2 saturated carbocycles. The largest absolute Gasteiger partial charge is 0.479 e. The molecule has 2 aliphatic rings. The average molecular weight is 466 g/mol. The van der Waals surface area contributed by atoms with Crippen LogP contribution in [0.15, 0.2) is 43.2 Å². The molecule has 3 aromatic heterocycles. The molecule has 2 fully saturated rings. The zero-order valence-electron chi connectivity index (χ0n) is 19.6. The number of ether oxygens (including phenoxy) is 1. The Bertz CT molecular complexity index is 1200. The van der Waals surface area contributed by atoms with Crippen molar-refractivity contribution in [2.45, 2.75) is 63.5 Å². The number of fused-ring (bicyclic) bond motifs is 1. The van der Waals surface area contributed by atoms with Gasteiger partial charge in [-0.15, -0.1) is 6.58 Å². The molecular formula is C26H31N3O5. The van der Waals surface area contributed by atoms with Crippen molar-refractivity contribution >= 4 is 23.0 Å². The van der Waals surface area contributed by atoms with E-state index in [1.54, 1.807) is 12.3 Å². The van der Waals surface area contributed by atoms with Crippen LogP contribution >= 0.6 is 0 Å². The minimum Gasteiger partial charge on any atom is -0.479 e. The lowest BCUT2D eigenvalue weighted by Crippen LogP contribution is -2.48. The first kappa shape index (κ1) is 23.8. The predicted octanol–water partition coefficient (Wildman–Crippen LogP) is 4.81. The third-order valence-electron chi connectivity index (χ3n) is 7.32. The molecule has 2 aliphatic carbocycles. The summed E-state index contributed by atoms with van der Waals surface area (Å²) in [5, 5.41) is 19.5. The van der Waals surface area contributed by atoms with Gasteiger partial charge in [0.25, 0.3) is 0 Å². The fourth-order valence-electron chi connectivity index (χ4n) is 4.72. The zero-order chi connectivity index (χ0) is 24.5. The smallest absolute Gasteiger partial charge is 0.335 e. The van der Waals surface area contributed by atoms with Crippen LogP contribution in [0, 0.1) is 13.8 Å². The summed E-state index contributed by atoms with van der Waals surface area (Å²) in [5.41, 5.74) is 3.37. The maximum atomic E-state index is 11.8. The van der Waals surface area contributed by atoms with E-state index in [1.165, 1.54) is 0 Å². The van der Waals surface area contributed by atoms with Gasteiger partial charge in [0, 0.05) is 34.7 Å². The third-order valence-corrected chi connectivity index (χ3v) is 7.32. The number of nitrogens with one attached hydrogen (secondary N) is 1. The summed E-state index contributed by atoms with van der Waals surface area (Å²) >= 11 is 0. The van der Waals surface area contributed by atoms with Gasteiger partial charge in [-0.25, -0.2) is 14.6 Å². The van der Waals surface area contributed by atoms with Crippen LogP contribution in [0.3, 0.4) is 0 Å². The Morgan fingerprint density at radius 3 is 2.41 bits per heavy atom. The maximum absolute atomic E-state index is 11.8. The highest BCUT2D eigenvalue weighted by molar-refractivity contribution is 5.84. The molecule has 0 aliphatic heterocycles. The number of hydrogen-bond acceptors (Lipinski definition) is 4. The molecule has 34 heavy (non-hydrogen) atoms. The summed E-state index contributed by atoms with van der Waals surface area (Å²) in [6.45, 7) is 7.84. The van der Waals surface area contributed by atoms with Crippen molar-refractivity contribution in [1.82, 2.24) is 14.5 Å². The Morgan fingerprint density at radius 1 is 1.21 bits per heavy atom. The summed E-state index contributed by atoms with van der Waals surface area (Å²) < 4.78 is 7.12. The van der Waals surface area contributed by atoms with Gasteiger partial charge < -0.3 is 24.5 Å². The summed E-state index contributed by atoms with van der Waals surface area (Å²) in [5.74, 6) is -1.57. The first-order chi connectivity index (χ1) is 16.2. The predicted molar refractivity (Wildman–Crippen MR) is 129 cm³/mol. The van der Waals surface area contributed by atoms with Gasteiger partial charge in [-0.2, -0.15) is 0 Å². The Morgan fingerprint density at radius 2 is 1.91 bits per heavy atom. The lowest BCUT2D eigenvalue weighted by molar-refractivity contribution is -0.176. The molecule has 0 radical (unpaired) electrons. The molecule has 3 N–H and O–H groups in total.